The monoisotopic (exact) mass is 233 g/mol. The second kappa shape index (κ2) is 5.12. The molecule has 90 valence electrons. The molecule has 4 heteroatoms. The van der Waals surface area contributed by atoms with Crippen LogP contribution in [0.15, 0.2) is 34.9 Å². The van der Waals surface area contributed by atoms with Crippen LogP contribution in [0.25, 0.3) is 11.0 Å². The van der Waals surface area contributed by atoms with Gasteiger partial charge in [-0.05, 0) is 13.1 Å². The van der Waals surface area contributed by atoms with Gasteiger partial charge in [-0.2, -0.15) is 0 Å². The van der Waals surface area contributed by atoms with E-state index in [1.807, 2.05) is 24.3 Å². The molecule has 1 heterocycles. The summed E-state index contributed by atoms with van der Waals surface area (Å²) < 4.78 is 5.32. The number of rotatable bonds is 5. The number of aliphatic hydroxyl groups excluding tert-OH is 1. The summed E-state index contributed by atoms with van der Waals surface area (Å²) in [4.78, 5) is 13.8. The van der Waals surface area contributed by atoms with Crippen molar-refractivity contribution >= 4 is 16.8 Å². The molecular weight excluding hydrogens is 218 g/mol. The number of carbonyl (C=O) groups is 1. The summed E-state index contributed by atoms with van der Waals surface area (Å²) in [7, 11) is 1.80. The highest BCUT2D eigenvalue weighted by Gasteiger charge is 2.14. The molecule has 1 N–H and O–H groups in total. The van der Waals surface area contributed by atoms with Gasteiger partial charge in [0.1, 0.15) is 11.8 Å². The van der Waals surface area contributed by atoms with E-state index in [1.54, 1.807) is 11.9 Å². The molecule has 0 aliphatic heterocycles. The lowest BCUT2D eigenvalue weighted by Gasteiger charge is -2.12. The van der Waals surface area contributed by atoms with Gasteiger partial charge in [0.2, 0.25) is 0 Å². The molecule has 2 rings (SSSR count). The first-order valence-corrected chi connectivity index (χ1v) is 5.51. The Morgan fingerprint density at radius 1 is 1.41 bits per heavy atom. The Balaban J connectivity index is 2.19. The van der Waals surface area contributed by atoms with Crippen molar-refractivity contribution in [2.75, 3.05) is 26.7 Å². The average Bonchev–Trinajstić information content (AvgIpc) is 2.72. The van der Waals surface area contributed by atoms with Crippen LogP contribution in [0.3, 0.4) is 0 Å². The van der Waals surface area contributed by atoms with Crippen LogP contribution < -0.4 is 0 Å². The summed E-state index contributed by atoms with van der Waals surface area (Å²) in [6, 6.07) is 7.46. The molecule has 0 saturated carbocycles. The van der Waals surface area contributed by atoms with Gasteiger partial charge in [-0.15, -0.1) is 0 Å². The fourth-order valence-corrected chi connectivity index (χ4v) is 1.77. The van der Waals surface area contributed by atoms with Crippen LogP contribution in [0.2, 0.25) is 0 Å². The smallest absolute Gasteiger partial charge is 0.180 e. The third-order valence-corrected chi connectivity index (χ3v) is 2.68. The van der Waals surface area contributed by atoms with Crippen molar-refractivity contribution in [3.8, 4) is 0 Å². The van der Waals surface area contributed by atoms with Crippen LogP contribution in [0.1, 0.15) is 10.4 Å². The van der Waals surface area contributed by atoms with Gasteiger partial charge in [0.05, 0.1) is 18.7 Å². The van der Waals surface area contributed by atoms with E-state index in [1.165, 1.54) is 6.26 Å². The van der Waals surface area contributed by atoms with Gasteiger partial charge in [0.15, 0.2) is 5.78 Å². The summed E-state index contributed by atoms with van der Waals surface area (Å²) in [5.41, 5.74) is 1.33. The lowest BCUT2D eigenvalue weighted by atomic mass is 10.1. The van der Waals surface area contributed by atoms with Crippen molar-refractivity contribution in [2.45, 2.75) is 0 Å². The third kappa shape index (κ3) is 2.54. The lowest BCUT2D eigenvalue weighted by Crippen LogP contribution is -2.28. The fourth-order valence-electron chi connectivity index (χ4n) is 1.77. The Bertz CT molecular complexity index is 518. The van der Waals surface area contributed by atoms with Crippen molar-refractivity contribution in [2.24, 2.45) is 0 Å². The number of ketones is 1. The number of hydrogen-bond donors (Lipinski definition) is 1. The van der Waals surface area contributed by atoms with E-state index in [0.717, 1.165) is 11.0 Å². The molecule has 1 aromatic carbocycles. The molecule has 0 radical (unpaired) electrons. The molecule has 0 unspecified atom stereocenters. The maximum absolute atomic E-state index is 12.0. The van der Waals surface area contributed by atoms with Gasteiger partial charge in [0, 0.05) is 11.9 Å². The van der Waals surface area contributed by atoms with E-state index in [2.05, 4.69) is 0 Å². The highest BCUT2D eigenvalue weighted by Crippen LogP contribution is 2.21. The minimum absolute atomic E-state index is 0.00546. The van der Waals surface area contributed by atoms with Gasteiger partial charge in [-0.3, -0.25) is 9.69 Å². The minimum Gasteiger partial charge on any atom is -0.464 e. The Morgan fingerprint density at radius 3 is 2.94 bits per heavy atom. The highest BCUT2D eigenvalue weighted by atomic mass is 16.3. The third-order valence-electron chi connectivity index (χ3n) is 2.68. The fraction of sp³-hybridized carbons (Fsp3) is 0.308. The number of likely N-dealkylation sites (N-methyl/N-ethyl adjacent to an activating group) is 1. The number of hydrogen-bond acceptors (Lipinski definition) is 4. The number of fused-ring (bicyclic) bond motifs is 1. The summed E-state index contributed by atoms with van der Waals surface area (Å²) in [5, 5.41) is 9.62. The Morgan fingerprint density at radius 2 is 2.18 bits per heavy atom. The van der Waals surface area contributed by atoms with Crippen molar-refractivity contribution in [3.05, 3.63) is 36.1 Å². The number of benzene rings is 1. The van der Waals surface area contributed by atoms with E-state index in [9.17, 15) is 4.79 Å². The maximum Gasteiger partial charge on any atom is 0.180 e. The Kier molecular flexibility index (Phi) is 3.56. The predicted molar refractivity (Wildman–Crippen MR) is 65.1 cm³/mol. The zero-order valence-electron chi connectivity index (χ0n) is 9.72. The van der Waals surface area contributed by atoms with Crippen LogP contribution in [0, 0.1) is 0 Å². The van der Waals surface area contributed by atoms with E-state index >= 15 is 0 Å². The summed E-state index contributed by atoms with van der Waals surface area (Å²) in [5.74, 6) is 0.00546. The summed E-state index contributed by atoms with van der Waals surface area (Å²) in [6.45, 7) is 0.821. The molecule has 0 spiro atoms. The van der Waals surface area contributed by atoms with Crippen LogP contribution in [-0.2, 0) is 0 Å². The number of furan rings is 1. The first-order valence-electron chi connectivity index (χ1n) is 5.51. The van der Waals surface area contributed by atoms with Gasteiger partial charge < -0.3 is 9.52 Å². The summed E-state index contributed by atoms with van der Waals surface area (Å²) >= 11 is 0. The van der Waals surface area contributed by atoms with Crippen LogP contribution >= 0.6 is 0 Å². The molecule has 0 bridgehead atoms. The van der Waals surface area contributed by atoms with Crippen LogP contribution in [-0.4, -0.2) is 42.5 Å². The molecule has 0 saturated heterocycles. The zero-order chi connectivity index (χ0) is 12.3. The van der Waals surface area contributed by atoms with Crippen molar-refractivity contribution in [1.29, 1.82) is 0 Å². The molecule has 4 nitrogen and oxygen atoms in total. The molecule has 0 amide bonds. The Hall–Kier alpha value is -1.65. The number of Topliss-reactive ketones (excluding diaryl/α,β-unsaturated/α-hetero) is 1. The van der Waals surface area contributed by atoms with E-state index in [-0.39, 0.29) is 18.9 Å². The number of nitrogens with zero attached hydrogens (tertiary/aromatic N) is 1. The SMILES string of the molecule is CN(CCO)CC(=O)c1coc2ccccc12. The second-order valence-electron chi connectivity index (χ2n) is 4.03. The van der Waals surface area contributed by atoms with Gasteiger partial charge in [0.25, 0.3) is 0 Å². The van der Waals surface area contributed by atoms with Crippen molar-refractivity contribution < 1.29 is 14.3 Å². The predicted octanol–water partition coefficient (Wildman–Crippen LogP) is 1.54. The lowest BCUT2D eigenvalue weighted by molar-refractivity contribution is 0.0936. The van der Waals surface area contributed by atoms with Crippen molar-refractivity contribution in [3.63, 3.8) is 0 Å². The van der Waals surface area contributed by atoms with E-state index in [4.69, 9.17) is 9.52 Å². The molecule has 1 aromatic heterocycles. The largest absolute Gasteiger partial charge is 0.464 e. The topological polar surface area (TPSA) is 53.7 Å². The summed E-state index contributed by atoms with van der Waals surface area (Å²) in [6.07, 6.45) is 1.50. The van der Waals surface area contributed by atoms with Gasteiger partial charge >= 0.3 is 0 Å². The van der Waals surface area contributed by atoms with Gasteiger partial charge in [-0.1, -0.05) is 18.2 Å². The molecule has 0 atom stereocenters. The first-order chi connectivity index (χ1) is 8.22. The van der Waals surface area contributed by atoms with Crippen molar-refractivity contribution in [1.82, 2.24) is 4.90 Å². The average molecular weight is 233 g/mol. The number of aliphatic hydroxyl groups is 1. The molecular formula is C13H15NO3. The highest BCUT2D eigenvalue weighted by molar-refractivity contribution is 6.08. The number of carbonyl (C=O) groups excluding carboxylic acids is 1. The minimum atomic E-state index is 0.00546. The first kappa shape index (κ1) is 11.8. The van der Waals surface area contributed by atoms with E-state index in [0.29, 0.717) is 12.1 Å². The van der Waals surface area contributed by atoms with E-state index < -0.39 is 0 Å². The molecule has 0 fully saturated rings. The quantitative estimate of drug-likeness (QED) is 0.796. The van der Waals surface area contributed by atoms with Crippen LogP contribution in [0.5, 0.6) is 0 Å². The number of para-hydroxylation sites is 1. The standard InChI is InChI=1S/C13H15NO3/c1-14(6-7-15)8-12(16)11-9-17-13-5-3-2-4-10(11)13/h2-5,9,15H,6-8H2,1H3. The van der Waals surface area contributed by atoms with Gasteiger partial charge in [-0.25, -0.2) is 0 Å². The maximum atomic E-state index is 12.0. The Labute approximate surface area is 99.4 Å². The second-order valence-corrected chi connectivity index (χ2v) is 4.03. The molecule has 0 aliphatic carbocycles. The molecule has 17 heavy (non-hydrogen) atoms. The van der Waals surface area contributed by atoms with Crippen LogP contribution in [0.4, 0.5) is 0 Å². The normalized spacial score (nSPS) is 11.2. The molecule has 2 aromatic rings. The molecule has 0 aliphatic rings. The zero-order valence-corrected chi connectivity index (χ0v) is 9.72.